The van der Waals surface area contributed by atoms with Crippen LogP contribution in [0.1, 0.15) is 25.0 Å². The molecule has 0 spiro atoms. The van der Waals surface area contributed by atoms with Crippen LogP contribution in [0.15, 0.2) is 30.5 Å². The zero-order chi connectivity index (χ0) is 11.0. The van der Waals surface area contributed by atoms with Crippen molar-refractivity contribution >= 4 is 16.6 Å². The Morgan fingerprint density at radius 3 is 3.12 bits per heavy atom. The lowest BCUT2D eigenvalue weighted by Crippen LogP contribution is -2.09. The molecule has 1 atom stereocenters. The van der Waals surface area contributed by atoms with Gasteiger partial charge in [0, 0.05) is 17.3 Å². The summed E-state index contributed by atoms with van der Waals surface area (Å²) < 4.78 is 0. The average molecular weight is 214 g/mol. The van der Waals surface area contributed by atoms with Gasteiger partial charge < -0.3 is 10.1 Å². The molecule has 3 nitrogen and oxygen atoms in total. The van der Waals surface area contributed by atoms with Crippen molar-refractivity contribution in [2.45, 2.75) is 25.4 Å². The first-order valence-electron chi connectivity index (χ1n) is 5.64. The van der Waals surface area contributed by atoms with E-state index in [2.05, 4.69) is 28.2 Å². The summed E-state index contributed by atoms with van der Waals surface area (Å²) in [6, 6.07) is 6.13. The highest BCUT2D eigenvalue weighted by molar-refractivity contribution is 5.81. The molecule has 1 aliphatic carbocycles. The summed E-state index contributed by atoms with van der Waals surface area (Å²) >= 11 is 0. The van der Waals surface area contributed by atoms with Gasteiger partial charge in [0.15, 0.2) is 0 Å². The van der Waals surface area contributed by atoms with Crippen LogP contribution in [-0.4, -0.2) is 21.2 Å². The molecule has 0 saturated heterocycles. The molecule has 2 heterocycles. The first kappa shape index (κ1) is 9.60. The van der Waals surface area contributed by atoms with Gasteiger partial charge in [0.2, 0.25) is 0 Å². The molecule has 2 N–H and O–H groups in total. The molecule has 2 aromatic rings. The molecular formula is C13H14N2O. The standard InChI is InChI=1S/C13H14N2O/c16-11-5-3-9(4-6-11)12-8-10-2-1-7-14-13(10)15-12/h1-3,7-8,11,16H,4-6H2,(H,14,15)/t11-/m1/s1. The SMILES string of the molecule is O[C@@H]1CC=C(c2cc3cccnc3[nH]2)CC1. The van der Waals surface area contributed by atoms with Gasteiger partial charge in [0.1, 0.15) is 5.65 Å². The Bertz CT molecular complexity index is 509. The molecule has 82 valence electrons. The molecule has 2 aromatic heterocycles. The van der Waals surface area contributed by atoms with Gasteiger partial charge in [-0.2, -0.15) is 0 Å². The maximum atomic E-state index is 9.45. The van der Waals surface area contributed by atoms with Crippen LogP contribution in [0.4, 0.5) is 0 Å². The van der Waals surface area contributed by atoms with Crippen LogP contribution in [0.3, 0.4) is 0 Å². The highest BCUT2D eigenvalue weighted by atomic mass is 16.3. The molecule has 1 aliphatic rings. The molecule has 16 heavy (non-hydrogen) atoms. The van der Waals surface area contributed by atoms with Gasteiger partial charge in [-0.15, -0.1) is 0 Å². The van der Waals surface area contributed by atoms with Crippen molar-refractivity contribution in [2.24, 2.45) is 0 Å². The molecule has 0 saturated carbocycles. The molecule has 0 bridgehead atoms. The van der Waals surface area contributed by atoms with Crippen LogP contribution in [0, 0.1) is 0 Å². The Labute approximate surface area is 93.8 Å². The molecule has 0 aromatic carbocycles. The first-order chi connectivity index (χ1) is 7.83. The fraction of sp³-hybridized carbons (Fsp3) is 0.308. The van der Waals surface area contributed by atoms with Crippen LogP contribution in [0.5, 0.6) is 0 Å². The molecule has 0 unspecified atom stereocenters. The summed E-state index contributed by atoms with van der Waals surface area (Å²) in [6.45, 7) is 0. The monoisotopic (exact) mass is 214 g/mol. The van der Waals surface area contributed by atoms with Crippen LogP contribution in [-0.2, 0) is 0 Å². The van der Waals surface area contributed by atoms with E-state index in [9.17, 15) is 5.11 Å². The van der Waals surface area contributed by atoms with E-state index in [1.165, 1.54) is 5.57 Å². The second-order valence-electron chi connectivity index (χ2n) is 4.28. The number of aromatic amines is 1. The third kappa shape index (κ3) is 1.63. The summed E-state index contributed by atoms with van der Waals surface area (Å²) in [7, 11) is 0. The zero-order valence-corrected chi connectivity index (χ0v) is 8.98. The van der Waals surface area contributed by atoms with E-state index >= 15 is 0 Å². The lowest BCUT2D eigenvalue weighted by atomic mass is 9.95. The largest absolute Gasteiger partial charge is 0.393 e. The minimum atomic E-state index is -0.161. The molecule has 0 aliphatic heterocycles. The maximum absolute atomic E-state index is 9.45. The number of nitrogens with zero attached hydrogens (tertiary/aromatic N) is 1. The Morgan fingerprint density at radius 1 is 1.44 bits per heavy atom. The number of aliphatic hydroxyl groups is 1. The lowest BCUT2D eigenvalue weighted by molar-refractivity contribution is 0.166. The molecule has 0 radical (unpaired) electrons. The van der Waals surface area contributed by atoms with Crippen molar-refractivity contribution in [1.82, 2.24) is 9.97 Å². The number of H-pyrrole nitrogens is 1. The van der Waals surface area contributed by atoms with Crippen LogP contribution in [0.2, 0.25) is 0 Å². The van der Waals surface area contributed by atoms with Crippen molar-refractivity contribution in [3.63, 3.8) is 0 Å². The van der Waals surface area contributed by atoms with Gasteiger partial charge in [0.05, 0.1) is 6.10 Å². The second-order valence-corrected chi connectivity index (χ2v) is 4.28. The van der Waals surface area contributed by atoms with E-state index in [0.717, 1.165) is 36.0 Å². The van der Waals surface area contributed by atoms with Gasteiger partial charge in [-0.1, -0.05) is 6.08 Å². The molecule has 0 amide bonds. The van der Waals surface area contributed by atoms with E-state index in [1.807, 2.05) is 6.07 Å². The van der Waals surface area contributed by atoms with Crippen LogP contribution in [0.25, 0.3) is 16.6 Å². The molecule has 3 rings (SSSR count). The van der Waals surface area contributed by atoms with Crippen molar-refractivity contribution in [3.8, 4) is 0 Å². The quantitative estimate of drug-likeness (QED) is 0.766. The third-order valence-electron chi connectivity index (χ3n) is 3.12. The number of allylic oxidation sites excluding steroid dienone is 1. The van der Waals surface area contributed by atoms with E-state index < -0.39 is 0 Å². The number of rotatable bonds is 1. The van der Waals surface area contributed by atoms with Gasteiger partial charge in [-0.3, -0.25) is 0 Å². The number of aliphatic hydroxyl groups excluding tert-OH is 1. The molecule has 0 fully saturated rings. The molecular weight excluding hydrogens is 200 g/mol. The van der Waals surface area contributed by atoms with Crippen LogP contribution < -0.4 is 0 Å². The highest BCUT2D eigenvalue weighted by Gasteiger charge is 2.14. The second kappa shape index (κ2) is 3.76. The Balaban J connectivity index is 2.00. The highest BCUT2D eigenvalue weighted by Crippen LogP contribution is 2.28. The summed E-state index contributed by atoms with van der Waals surface area (Å²) in [6.07, 6.45) is 6.31. The number of nitrogens with one attached hydrogen (secondary N) is 1. The topological polar surface area (TPSA) is 48.9 Å². The summed E-state index contributed by atoms with van der Waals surface area (Å²) in [4.78, 5) is 7.60. The summed E-state index contributed by atoms with van der Waals surface area (Å²) in [5.41, 5.74) is 3.37. The van der Waals surface area contributed by atoms with Gasteiger partial charge in [-0.05, 0) is 43.0 Å². The van der Waals surface area contributed by atoms with Gasteiger partial charge in [-0.25, -0.2) is 4.98 Å². The Morgan fingerprint density at radius 2 is 2.38 bits per heavy atom. The van der Waals surface area contributed by atoms with E-state index in [-0.39, 0.29) is 6.10 Å². The van der Waals surface area contributed by atoms with Gasteiger partial charge >= 0.3 is 0 Å². The molecule has 3 heteroatoms. The van der Waals surface area contributed by atoms with Crippen molar-refractivity contribution in [2.75, 3.05) is 0 Å². The van der Waals surface area contributed by atoms with Crippen molar-refractivity contribution in [1.29, 1.82) is 0 Å². The van der Waals surface area contributed by atoms with Crippen LogP contribution >= 0.6 is 0 Å². The number of pyridine rings is 1. The maximum Gasteiger partial charge on any atom is 0.137 e. The minimum absolute atomic E-state index is 0.161. The predicted octanol–water partition coefficient (Wildman–Crippen LogP) is 2.49. The number of fused-ring (bicyclic) bond motifs is 1. The fourth-order valence-corrected chi connectivity index (χ4v) is 2.20. The third-order valence-corrected chi connectivity index (χ3v) is 3.12. The zero-order valence-electron chi connectivity index (χ0n) is 8.98. The van der Waals surface area contributed by atoms with E-state index in [4.69, 9.17) is 0 Å². The lowest BCUT2D eigenvalue weighted by Gasteiger charge is -2.16. The Hall–Kier alpha value is -1.61. The predicted molar refractivity (Wildman–Crippen MR) is 63.9 cm³/mol. The number of hydrogen-bond acceptors (Lipinski definition) is 2. The van der Waals surface area contributed by atoms with Crippen molar-refractivity contribution < 1.29 is 5.11 Å². The normalized spacial score (nSPS) is 21.1. The minimum Gasteiger partial charge on any atom is -0.393 e. The number of aromatic nitrogens is 2. The van der Waals surface area contributed by atoms with E-state index in [1.54, 1.807) is 6.20 Å². The Kier molecular flexibility index (Phi) is 2.26. The van der Waals surface area contributed by atoms with Crippen molar-refractivity contribution in [3.05, 3.63) is 36.2 Å². The first-order valence-corrected chi connectivity index (χ1v) is 5.64. The average Bonchev–Trinajstić information content (AvgIpc) is 2.73. The summed E-state index contributed by atoms with van der Waals surface area (Å²) in [5.74, 6) is 0. The van der Waals surface area contributed by atoms with E-state index in [0.29, 0.717) is 0 Å². The fourth-order valence-electron chi connectivity index (χ4n) is 2.20. The number of hydrogen-bond donors (Lipinski definition) is 2. The van der Waals surface area contributed by atoms with Gasteiger partial charge in [0.25, 0.3) is 0 Å². The smallest absolute Gasteiger partial charge is 0.137 e. The summed E-state index contributed by atoms with van der Waals surface area (Å²) in [5, 5.41) is 10.6.